The van der Waals surface area contributed by atoms with Gasteiger partial charge in [0.1, 0.15) is 6.33 Å². The number of rotatable bonds is 3. The summed E-state index contributed by atoms with van der Waals surface area (Å²) in [6.45, 7) is 0. The van der Waals surface area contributed by atoms with E-state index in [0.717, 1.165) is 11.2 Å². The summed E-state index contributed by atoms with van der Waals surface area (Å²) >= 11 is 6.06. The molecule has 2 aromatic carbocycles. The second-order valence-electron chi connectivity index (χ2n) is 4.63. The maximum absolute atomic E-state index is 11.5. The van der Waals surface area contributed by atoms with Gasteiger partial charge < -0.3 is 4.74 Å². The molecule has 3 aromatic rings. The van der Waals surface area contributed by atoms with Crippen molar-refractivity contribution in [2.24, 2.45) is 0 Å². The highest BCUT2D eigenvalue weighted by Crippen LogP contribution is 2.23. The molecule has 0 unspecified atom stereocenters. The normalized spacial score (nSPS) is 10.6. The summed E-state index contributed by atoms with van der Waals surface area (Å²) in [6.07, 6.45) is 2.35. The van der Waals surface area contributed by atoms with Crippen LogP contribution in [0.4, 0.5) is 0 Å². The van der Waals surface area contributed by atoms with Crippen LogP contribution in [0.2, 0.25) is 5.02 Å². The van der Waals surface area contributed by atoms with E-state index in [4.69, 9.17) is 16.3 Å². The van der Waals surface area contributed by atoms with E-state index in [1.165, 1.54) is 7.11 Å². The van der Waals surface area contributed by atoms with Gasteiger partial charge in [0.15, 0.2) is 6.29 Å². The Balaban J connectivity index is 2.10. The highest BCUT2D eigenvalue weighted by molar-refractivity contribution is 6.33. The van der Waals surface area contributed by atoms with Crippen molar-refractivity contribution in [3.05, 3.63) is 58.9 Å². The number of methoxy groups -OCH3 is 1. The topological polar surface area (TPSA) is 61.2 Å². The molecule has 0 fully saturated rings. The van der Waals surface area contributed by atoms with E-state index in [1.54, 1.807) is 42.7 Å². The summed E-state index contributed by atoms with van der Waals surface area (Å²) in [4.78, 5) is 26.6. The van der Waals surface area contributed by atoms with Crippen LogP contribution in [0.25, 0.3) is 16.7 Å². The molecule has 0 radical (unpaired) electrons. The first-order valence-corrected chi connectivity index (χ1v) is 6.82. The number of imidazole rings is 1. The number of carbonyl (C=O) groups excluding carboxylic acids is 2. The van der Waals surface area contributed by atoms with Crippen LogP contribution in [0.1, 0.15) is 20.7 Å². The molecule has 0 atom stereocenters. The highest BCUT2D eigenvalue weighted by Gasteiger charge is 2.11. The van der Waals surface area contributed by atoms with Crippen molar-refractivity contribution in [1.29, 1.82) is 0 Å². The molecule has 0 saturated heterocycles. The van der Waals surface area contributed by atoms with Crippen LogP contribution in [-0.2, 0) is 4.74 Å². The molecule has 110 valence electrons. The first-order chi connectivity index (χ1) is 10.6. The predicted octanol–water partition coefficient (Wildman–Crippen LogP) is 3.28. The summed E-state index contributed by atoms with van der Waals surface area (Å²) in [5.74, 6) is -0.408. The quantitative estimate of drug-likeness (QED) is 0.550. The van der Waals surface area contributed by atoms with Gasteiger partial charge in [0.2, 0.25) is 0 Å². The second kappa shape index (κ2) is 5.61. The molecule has 0 N–H and O–H groups in total. The molecular weight excluding hydrogens is 304 g/mol. The fourth-order valence-electron chi connectivity index (χ4n) is 2.22. The number of hydrogen-bond acceptors (Lipinski definition) is 4. The van der Waals surface area contributed by atoms with Gasteiger partial charge in [-0.2, -0.15) is 0 Å². The summed E-state index contributed by atoms with van der Waals surface area (Å²) in [5, 5.41) is 0.375. The monoisotopic (exact) mass is 314 g/mol. The number of aldehydes is 1. The zero-order valence-electron chi connectivity index (χ0n) is 11.6. The Morgan fingerprint density at radius 1 is 1.27 bits per heavy atom. The van der Waals surface area contributed by atoms with Gasteiger partial charge in [-0.15, -0.1) is 0 Å². The van der Waals surface area contributed by atoms with Crippen LogP contribution in [0, 0.1) is 0 Å². The van der Waals surface area contributed by atoms with Crippen LogP contribution in [-0.4, -0.2) is 28.9 Å². The van der Waals surface area contributed by atoms with Gasteiger partial charge in [-0.25, -0.2) is 9.78 Å². The van der Waals surface area contributed by atoms with Crippen LogP contribution < -0.4 is 0 Å². The van der Waals surface area contributed by atoms with E-state index in [-0.39, 0.29) is 0 Å². The average molecular weight is 315 g/mol. The van der Waals surface area contributed by atoms with Crippen molar-refractivity contribution >= 4 is 34.9 Å². The van der Waals surface area contributed by atoms with E-state index in [2.05, 4.69) is 4.98 Å². The number of benzene rings is 2. The Kier molecular flexibility index (Phi) is 3.65. The Hall–Kier alpha value is -2.66. The van der Waals surface area contributed by atoms with Gasteiger partial charge in [-0.3, -0.25) is 9.36 Å². The number of fused-ring (bicyclic) bond motifs is 1. The molecule has 0 spiro atoms. The lowest BCUT2D eigenvalue weighted by atomic mass is 10.2. The van der Waals surface area contributed by atoms with Gasteiger partial charge in [-0.05, 0) is 36.4 Å². The zero-order chi connectivity index (χ0) is 15.7. The fraction of sp³-hybridized carbons (Fsp3) is 0.0625. The number of hydrogen-bond donors (Lipinski definition) is 0. The largest absolute Gasteiger partial charge is 0.465 e. The summed E-state index contributed by atoms with van der Waals surface area (Å²) in [6, 6.07) is 10.3. The van der Waals surface area contributed by atoms with Crippen molar-refractivity contribution in [2.75, 3.05) is 7.11 Å². The van der Waals surface area contributed by atoms with Crippen molar-refractivity contribution in [1.82, 2.24) is 9.55 Å². The lowest BCUT2D eigenvalue weighted by molar-refractivity contribution is 0.0601. The molecule has 6 heteroatoms. The second-order valence-corrected chi connectivity index (χ2v) is 5.04. The lowest BCUT2D eigenvalue weighted by Gasteiger charge is -2.06. The first kappa shape index (κ1) is 14.3. The smallest absolute Gasteiger partial charge is 0.337 e. The number of esters is 1. The predicted molar refractivity (Wildman–Crippen MR) is 82.8 cm³/mol. The molecule has 0 aliphatic rings. The van der Waals surface area contributed by atoms with Gasteiger partial charge in [-0.1, -0.05) is 11.6 Å². The van der Waals surface area contributed by atoms with Crippen LogP contribution in [0.3, 0.4) is 0 Å². The zero-order valence-corrected chi connectivity index (χ0v) is 12.4. The van der Waals surface area contributed by atoms with Crippen molar-refractivity contribution in [2.45, 2.75) is 0 Å². The number of aromatic nitrogens is 2. The highest BCUT2D eigenvalue weighted by atomic mass is 35.5. The first-order valence-electron chi connectivity index (χ1n) is 6.44. The molecule has 0 aliphatic carbocycles. The van der Waals surface area contributed by atoms with Crippen LogP contribution in [0.5, 0.6) is 0 Å². The van der Waals surface area contributed by atoms with Crippen LogP contribution >= 0.6 is 11.6 Å². The molecule has 3 rings (SSSR count). The van der Waals surface area contributed by atoms with Gasteiger partial charge in [0, 0.05) is 11.3 Å². The molecule has 0 saturated carbocycles. The number of halogens is 1. The summed E-state index contributed by atoms with van der Waals surface area (Å²) in [5.41, 5.74) is 3.14. The van der Waals surface area contributed by atoms with E-state index < -0.39 is 5.97 Å². The third kappa shape index (κ3) is 2.35. The minimum absolute atomic E-state index is 0.375. The van der Waals surface area contributed by atoms with Gasteiger partial charge >= 0.3 is 5.97 Å². The maximum Gasteiger partial charge on any atom is 0.337 e. The lowest BCUT2D eigenvalue weighted by Crippen LogP contribution is -2.00. The molecular formula is C16H11ClN2O3. The molecule has 0 amide bonds. The van der Waals surface area contributed by atoms with Gasteiger partial charge in [0.05, 0.1) is 28.7 Å². The van der Waals surface area contributed by atoms with E-state index in [0.29, 0.717) is 28.0 Å². The Morgan fingerprint density at radius 2 is 2.09 bits per heavy atom. The third-order valence-electron chi connectivity index (χ3n) is 3.36. The van der Waals surface area contributed by atoms with E-state index in [9.17, 15) is 9.59 Å². The minimum Gasteiger partial charge on any atom is -0.465 e. The minimum atomic E-state index is -0.408. The van der Waals surface area contributed by atoms with Gasteiger partial charge in [0.25, 0.3) is 0 Å². The van der Waals surface area contributed by atoms with E-state index >= 15 is 0 Å². The van der Waals surface area contributed by atoms with E-state index in [1.807, 2.05) is 4.57 Å². The van der Waals surface area contributed by atoms with Crippen molar-refractivity contribution < 1.29 is 14.3 Å². The number of carbonyl (C=O) groups is 2. The van der Waals surface area contributed by atoms with Crippen molar-refractivity contribution in [3.8, 4) is 5.69 Å². The molecule has 1 aromatic heterocycles. The SMILES string of the molecule is COC(=O)c1ccc2c(c1)ncn2-c1ccc(C=O)c(Cl)c1. The molecule has 22 heavy (non-hydrogen) atoms. The maximum atomic E-state index is 11.5. The Labute approximate surface area is 131 Å². The number of nitrogens with zero attached hydrogens (tertiary/aromatic N) is 2. The summed E-state index contributed by atoms with van der Waals surface area (Å²) in [7, 11) is 1.34. The summed E-state index contributed by atoms with van der Waals surface area (Å²) < 4.78 is 6.52. The standard InChI is InChI=1S/C16H11ClN2O3/c1-22-16(21)10-3-5-15-14(6-10)18-9-19(15)12-4-2-11(8-20)13(17)7-12/h2-9H,1H3. The Bertz CT molecular complexity index is 886. The molecule has 0 aliphatic heterocycles. The molecule has 1 heterocycles. The Morgan fingerprint density at radius 3 is 2.77 bits per heavy atom. The van der Waals surface area contributed by atoms with Crippen LogP contribution in [0.15, 0.2) is 42.7 Å². The molecule has 0 bridgehead atoms. The number of ether oxygens (including phenoxy) is 1. The average Bonchev–Trinajstić information content (AvgIpc) is 2.97. The van der Waals surface area contributed by atoms with Crippen molar-refractivity contribution in [3.63, 3.8) is 0 Å². The fourth-order valence-corrected chi connectivity index (χ4v) is 2.44. The molecule has 5 nitrogen and oxygen atoms in total. The third-order valence-corrected chi connectivity index (χ3v) is 3.68.